The zero-order valence-electron chi connectivity index (χ0n) is 16.1. The molecule has 0 saturated carbocycles. The van der Waals surface area contributed by atoms with Gasteiger partial charge in [0.2, 0.25) is 0 Å². The highest BCUT2D eigenvalue weighted by atomic mass is 14.9. The van der Waals surface area contributed by atoms with Crippen molar-refractivity contribution in [2.24, 2.45) is 0 Å². The van der Waals surface area contributed by atoms with E-state index in [4.69, 9.17) is 4.98 Å². The van der Waals surface area contributed by atoms with Crippen LogP contribution < -0.4 is 5.32 Å². The van der Waals surface area contributed by atoms with Crippen LogP contribution in [0.2, 0.25) is 0 Å². The summed E-state index contributed by atoms with van der Waals surface area (Å²) in [5.41, 5.74) is 5.99. The van der Waals surface area contributed by atoms with E-state index in [-0.39, 0.29) is 10.8 Å². The van der Waals surface area contributed by atoms with Gasteiger partial charge in [-0.25, -0.2) is 4.98 Å². The summed E-state index contributed by atoms with van der Waals surface area (Å²) in [5, 5.41) is 3.43. The third-order valence-corrected chi connectivity index (χ3v) is 6.49. The maximum atomic E-state index is 4.71. The van der Waals surface area contributed by atoms with E-state index >= 15 is 0 Å². The van der Waals surface area contributed by atoms with Crippen molar-refractivity contribution in [2.75, 3.05) is 13.1 Å². The van der Waals surface area contributed by atoms with Crippen molar-refractivity contribution in [2.45, 2.75) is 70.1 Å². The van der Waals surface area contributed by atoms with E-state index in [0.717, 1.165) is 24.6 Å². The molecule has 4 rings (SSSR count). The fraction of sp³-hybridized carbons (Fsp3) is 0.591. The first-order valence-electron chi connectivity index (χ1n) is 9.78. The van der Waals surface area contributed by atoms with Crippen molar-refractivity contribution >= 4 is 0 Å². The van der Waals surface area contributed by atoms with Crippen LogP contribution in [0.5, 0.6) is 0 Å². The Hall–Kier alpha value is -1.61. The van der Waals surface area contributed by atoms with Gasteiger partial charge in [-0.3, -0.25) is 0 Å². The first-order chi connectivity index (χ1) is 11.9. The molecule has 25 heavy (non-hydrogen) atoms. The number of benzene rings is 1. The lowest BCUT2D eigenvalue weighted by atomic mass is 9.63. The van der Waals surface area contributed by atoms with Crippen molar-refractivity contribution in [3.8, 4) is 11.3 Å². The van der Waals surface area contributed by atoms with Gasteiger partial charge in [0.25, 0.3) is 0 Å². The minimum atomic E-state index is 0.249. The van der Waals surface area contributed by atoms with Crippen LogP contribution in [0.3, 0.4) is 0 Å². The van der Waals surface area contributed by atoms with Crippen LogP contribution in [0.1, 0.15) is 76.2 Å². The monoisotopic (exact) mass is 337 g/mol. The summed E-state index contributed by atoms with van der Waals surface area (Å²) in [7, 11) is 0. The number of fused-ring (bicyclic) bond motifs is 1. The number of hydrogen-bond donors (Lipinski definition) is 2. The third-order valence-electron chi connectivity index (χ3n) is 6.49. The molecule has 2 heterocycles. The molecule has 0 amide bonds. The largest absolute Gasteiger partial charge is 0.342 e. The van der Waals surface area contributed by atoms with Gasteiger partial charge in [-0.05, 0) is 72.4 Å². The molecule has 0 unspecified atom stereocenters. The molecule has 0 bridgehead atoms. The van der Waals surface area contributed by atoms with Crippen LogP contribution in [-0.4, -0.2) is 23.1 Å². The molecular weight excluding hydrogens is 306 g/mol. The fourth-order valence-corrected chi connectivity index (χ4v) is 4.54. The molecule has 3 nitrogen and oxygen atoms in total. The highest BCUT2D eigenvalue weighted by Gasteiger charge is 2.37. The maximum Gasteiger partial charge on any atom is 0.109 e. The minimum Gasteiger partial charge on any atom is -0.342 e. The number of rotatable bonds is 2. The molecule has 3 heteroatoms. The van der Waals surface area contributed by atoms with E-state index in [2.05, 4.69) is 56.2 Å². The number of piperidine rings is 1. The zero-order valence-corrected chi connectivity index (χ0v) is 16.1. The van der Waals surface area contributed by atoms with Crippen LogP contribution in [0.15, 0.2) is 24.4 Å². The predicted octanol–water partition coefficient (Wildman–Crippen LogP) is 4.89. The fourth-order valence-electron chi connectivity index (χ4n) is 4.54. The Bertz CT molecular complexity index is 763. The number of aromatic nitrogens is 2. The van der Waals surface area contributed by atoms with Gasteiger partial charge in [-0.1, -0.05) is 39.8 Å². The van der Waals surface area contributed by atoms with Crippen molar-refractivity contribution in [3.63, 3.8) is 0 Å². The van der Waals surface area contributed by atoms with Crippen LogP contribution in [0, 0.1) is 0 Å². The van der Waals surface area contributed by atoms with Crippen LogP contribution >= 0.6 is 0 Å². The summed E-state index contributed by atoms with van der Waals surface area (Å²) >= 11 is 0. The van der Waals surface area contributed by atoms with Gasteiger partial charge in [0, 0.05) is 5.92 Å². The average Bonchev–Trinajstić information content (AvgIpc) is 3.10. The van der Waals surface area contributed by atoms with Gasteiger partial charge in [0.1, 0.15) is 5.82 Å². The van der Waals surface area contributed by atoms with E-state index in [1.54, 1.807) is 0 Å². The summed E-state index contributed by atoms with van der Waals surface area (Å²) in [4.78, 5) is 8.33. The molecule has 134 valence electrons. The maximum absolute atomic E-state index is 4.71. The topological polar surface area (TPSA) is 40.7 Å². The second-order valence-corrected chi connectivity index (χ2v) is 9.23. The average molecular weight is 338 g/mol. The Kier molecular flexibility index (Phi) is 4.03. The summed E-state index contributed by atoms with van der Waals surface area (Å²) in [5.74, 6) is 1.73. The molecule has 1 saturated heterocycles. The molecule has 1 aromatic carbocycles. The molecule has 2 aromatic rings. The number of aromatic amines is 1. The lowest BCUT2D eigenvalue weighted by Crippen LogP contribution is -2.33. The van der Waals surface area contributed by atoms with Crippen molar-refractivity contribution in [1.29, 1.82) is 0 Å². The Morgan fingerprint density at radius 3 is 2.36 bits per heavy atom. The molecule has 0 radical (unpaired) electrons. The second-order valence-electron chi connectivity index (χ2n) is 9.23. The Morgan fingerprint density at radius 2 is 1.64 bits per heavy atom. The Labute approximate surface area is 151 Å². The van der Waals surface area contributed by atoms with E-state index < -0.39 is 0 Å². The number of imidazole rings is 1. The smallest absolute Gasteiger partial charge is 0.109 e. The van der Waals surface area contributed by atoms with Gasteiger partial charge < -0.3 is 10.3 Å². The molecule has 2 N–H and O–H groups in total. The summed E-state index contributed by atoms with van der Waals surface area (Å²) < 4.78 is 0. The molecule has 1 aliphatic carbocycles. The first-order valence-corrected chi connectivity index (χ1v) is 9.78. The zero-order chi connectivity index (χ0) is 17.7. The summed E-state index contributed by atoms with van der Waals surface area (Å²) in [6.07, 6.45) is 6.90. The normalized spacial score (nSPS) is 22.6. The first kappa shape index (κ1) is 16.8. The number of nitrogens with one attached hydrogen (secondary N) is 2. The predicted molar refractivity (Wildman–Crippen MR) is 104 cm³/mol. The van der Waals surface area contributed by atoms with Gasteiger partial charge in [0.15, 0.2) is 0 Å². The number of hydrogen-bond acceptors (Lipinski definition) is 2. The van der Waals surface area contributed by atoms with Crippen LogP contribution in [0.4, 0.5) is 0 Å². The minimum absolute atomic E-state index is 0.249. The molecule has 1 fully saturated rings. The van der Waals surface area contributed by atoms with Gasteiger partial charge in [0.05, 0.1) is 11.9 Å². The van der Waals surface area contributed by atoms with E-state index in [1.807, 2.05) is 6.20 Å². The highest BCUT2D eigenvalue weighted by Crippen LogP contribution is 2.46. The Balaban J connectivity index is 1.69. The van der Waals surface area contributed by atoms with E-state index in [0.29, 0.717) is 5.92 Å². The number of H-pyrrole nitrogens is 1. The van der Waals surface area contributed by atoms with Crippen LogP contribution in [0.25, 0.3) is 11.3 Å². The summed E-state index contributed by atoms with van der Waals surface area (Å²) in [6, 6.07) is 7.05. The SMILES string of the molecule is CC1(C)CCC(C)(C)c2cc(-c3cnc(C4CCNCC4)[nH]3)ccc21. The summed E-state index contributed by atoms with van der Waals surface area (Å²) in [6.45, 7) is 11.7. The Morgan fingerprint density at radius 1 is 0.960 bits per heavy atom. The standard InChI is InChI=1S/C22H31N3/c1-21(2)9-10-22(3,4)18-13-16(5-6-17(18)21)19-14-24-20(25-19)15-7-11-23-12-8-15/h5-6,13-15,23H,7-12H2,1-4H3,(H,24,25). The van der Waals surface area contributed by atoms with E-state index in [1.165, 1.54) is 42.4 Å². The van der Waals surface area contributed by atoms with E-state index in [9.17, 15) is 0 Å². The highest BCUT2D eigenvalue weighted by molar-refractivity contribution is 5.62. The quantitative estimate of drug-likeness (QED) is 0.819. The molecular formula is C22H31N3. The molecule has 0 atom stereocenters. The van der Waals surface area contributed by atoms with Gasteiger partial charge in [-0.2, -0.15) is 0 Å². The van der Waals surface area contributed by atoms with Crippen molar-refractivity contribution < 1.29 is 0 Å². The molecule has 2 aliphatic rings. The lowest BCUT2D eigenvalue weighted by Gasteiger charge is -2.42. The van der Waals surface area contributed by atoms with Gasteiger partial charge >= 0.3 is 0 Å². The van der Waals surface area contributed by atoms with Crippen LogP contribution in [-0.2, 0) is 10.8 Å². The van der Waals surface area contributed by atoms with Gasteiger partial charge in [-0.15, -0.1) is 0 Å². The van der Waals surface area contributed by atoms with Crippen molar-refractivity contribution in [3.05, 3.63) is 41.3 Å². The third kappa shape index (κ3) is 3.03. The van der Waals surface area contributed by atoms with Crippen molar-refractivity contribution in [1.82, 2.24) is 15.3 Å². The lowest BCUT2D eigenvalue weighted by molar-refractivity contribution is 0.332. The number of nitrogens with zero attached hydrogens (tertiary/aromatic N) is 1. The molecule has 1 aliphatic heterocycles. The molecule has 1 aromatic heterocycles. The molecule has 0 spiro atoms. The second kappa shape index (κ2) is 5.98.